The van der Waals surface area contributed by atoms with Crippen molar-refractivity contribution >= 4 is 28.8 Å². The fourth-order valence-electron chi connectivity index (χ4n) is 3.93. The van der Waals surface area contributed by atoms with Gasteiger partial charge in [-0.3, -0.25) is 5.43 Å². The summed E-state index contributed by atoms with van der Waals surface area (Å²) in [5.74, 6) is 0. The Bertz CT molecular complexity index is 1190. The van der Waals surface area contributed by atoms with E-state index in [2.05, 4.69) is 53.1 Å². The quantitative estimate of drug-likeness (QED) is 0.243. The van der Waals surface area contributed by atoms with Crippen LogP contribution in [0.25, 0.3) is 0 Å². The number of hydrazone groups is 1. The molecule has 0 atom stereocenters. The highest BCUT2D eigenvalue weighted by molar-refractivity contribution is 7.09. The van der Waals surface area contributed by atoms with E-state index in [4.69, 9.17) is 9.84 Å². The van der Waals surface area contributed by atoms with Gasteiger partial charge in [-0.15, -0.1) is 16.3 Å². The molecule has 0 fully saturated rings. The summed E-state index contributed by atoms with van der Waals surface area (Å²) in [5, 5.41) is 4.79. The second-order valence-corrected chi connectivity index (χ2v) is 9.59. The molecule has 6 nitrogen and oxygen atoms in total. The molecule has 2 aromatic carbocycles. The molecule has 1 aromatic heterocycles. The van der Waals surface area contributed by atoms with Gasteiger partial charge in [0.05, 0.1) is 24.6 Å². The van der Waals surface area contributed by atoms with Gasteiger partial charge in [0.15, 0.2) is 4.80 Å². The molecule has 0 saturated carbocycles. The number of para-hydroxylation sites is 1. The number of aromatic nitrogens is 1. The van der Waals surface area contributed by atoms with Crippen molar-refractivity contribution in [1.29, 1.82) is 0 Å². The maximum Gasteiger partial charge on any atom is 0.436 e. The summed E-state index contributed by atoms with van der Waals surface area (Å²) in [6, 6.07) is 18.3. The number of nitrogens with one attached hydrogen (secondary N) is 1. The van der Waals surface area contributed by atoms with Crippen molar-refractivity contribution in [2.24, 2.45) is 10.1 Å². The van der Waals surface area contributed by atoms with E-state index in [1.165, 1.54) is 22.6 Å². The van der Waals surface area contributed by atoms with E-state index in [-0.39, 0.29) is 0 Å². The Morgan fingerprint density at radius 3 is 2.62 bits per heavy atom. The molecule has 0 unspecified atom stereocenters. The number of hydrogen-bond acceptors (Lipinski definition) is 5. The highest BCUT2D eigenvalue weighted by atomic mass is 32.1. The van der Waals surface area contributed by atoms with Gasteiger partial charge in [-0.2, -0.15) is 5.10 Å². The Balaban J connectivity index is 1.70. The fourth-order valence-corrected chi connectivity index (χ4v) is 5.13. The van der Waals surface area contributed by atoms with Gasteiger partial charge in [0, 0.05) is 10.6 Å². The van der Waals surface area contributed by atoms with Gasteiger partial charge in [0.1, 0.15) is 0 Å². The molecule has 1 heterocycles. The number of carbonyl (C=O) groups excluding carboxylic acids is 1. The molecule has 1 N–H and O–H groups in total. The topological polar surface area (TPSA) is 68.0 Å². The summed E-state index contributed by atoms with van der Waals surface area (Å²) in [7, 11) is 0. The molecule has 0 radical (unpaired) electrons. The van der Waals surface area contributed by atoms with E-state index in [9.17, 15) is 4.79 Å². The van der Waals surface area contributed by atoms with Gasteiger partial charge >= 0.3 is 6.09 Å². The zero-order valence-electron chi connectivity index (χ0n) is 19.9. The van der Waals surface area contributed by atoms with Gasteiger partial charge in [-0.05, 0) is 56.7 Å². The second-order valence-electron chi connectivity index (χ2n) is 8.53. The molecular formula is C27H32N4O2S. The van der Waals surface area contributed by atoms with Crippen molar-refractivity contribution in [2.45, 2.75) is 58.9 Å². The first-order valence-corrected chi connectivity index (χ1v) is 12.8. The zero-order chi connectivity index (χ0) is 23.8. The van der Waals surface area contributed by atoms with E-state index in [0.717, 1.165) is 49.1 Å². The van der Waals surface area contributed by atoms with Crippen LogP contribution in [0.5, 0.6) is 0 Å². The lowest BCUT2D eigenvalue weighted by molar-refractivity contribution is 0.154. The predicted molar refractivity (Wildman–Crippen MR) is 139 cm³/mol. The minimum absolute atomic E-state index is 0.404. The third kappa shape index (κ3) is 6.23. The maximum absolute atomic E-state index is 12.4. The number of aryl methyl sites for hydroxylation is 2. The predicted octanol–water partition coefficient (Wildman–Crippen LogP) is 6.09. The van der Waals surface area contributed by atoms with Crippen molar-refractivity contribution in [1.82, 2.24) is 4.57 Å². The van der Waals surface area contributed by atoms with Crippen molar-refractivity contribution in [3.8, 4) is 0 Å². The van der Waals surface area contributed by atoms with Gasteiger partial charge < -0.3 is 9.30 Å². The maximum atomic E-state index is 12.4. The summed E-state index contributed by atoms with van der Waals surface area (Å²) in [4.78, 5) is 18.8. The van der Waals surface area contributed by atoms with Crippen LogP contribution in [-0.4, -0.2) is 23.0 Å². The van der Waals surface area contributed by atoms with E-state index in [0.29, 0.717) is 18.0 Å². The summed E-state index contributed by atoms with van der Waals surface area (Å²) in [6.45, 7) is 5.08. The number of fused-ring (bicyclic) bond motifs is 1. The molecule has 0 spiro atoms. The van der Waals surface area contributed by atoms with Gasteiger partial charge in [-0.1, -0.05) is 61.4 Å². The highest BCUT2D eigenvalue weighted by Gasteiger charge is 2.20. The van der Waals surface area contributed by atoms with Crippen LogP contribution in [0.15, 0.2) is 64.7 Å². The molecule has 1 aliphatic rings. The lowest BCUT2D eigenvalue weighted by atomic mass is 10.0. The first-order chi connectivity index (χ1) is 16.6. The van der Waals surface area contributed by atoms with E-state index in [1.54, 1.807) is 11.3 Å². The van der Waals surface area contributed by atoms with E-state index >= 15 is 0 Å². The molecule has 7 heteroatoms. The average molecular weight is 477 g/mol. The third-order valence-electron chi connectivity index (χ3n) is 5.86. The number of anilines is 1. The Kier molecular flexibility index (Phi) is 8.31. The number of amides is 1. The molecule has 0 saturated heterocycles. The molecule has 0 bridgehead atoms. The molecular weight excluding hydrogens is 444 g/mol. The lowest BCUT2D eigenvalue weighted by Crippen LogP contribution is -2.25. The molecule has 3 aromatic rings. The van der Waals surface area contributed by atoms with Gasteiger partial charge in [0.25, 0.3) is 0 Å². The number of rotatable bonds is 8. The first-order valence-electron chi connectivity index (χ1n) is 12.0. The standard InChI is InChI=1S/C27H32N4O2S/c1-3-4-18-33-27(32)28-26-31(24-12-8-9-13-25(24)34-26)19-23(21-16-14-20(2)15-17-21)30-29-22-10-6-5-7-11-22/h5-7,10-11,14-17,29H,3-4,8-9,12-13,18-19H2,1-2H3/b28-26?,30-23+. The monoisotopic (exact) mass is 476 g/mol. The van der Waals surface area contributed by atoms with Gasteiger partial charge in [0.2, 0.25) is 0 Å². The Morgan fingerprint density at radius 1 is 1.09 bits per heavy atom. The van der Waals surface area contributed by atoms with E-state index in [1.807, 2.05) is 30.3 Å². The summed E-state index contributed by atoms with van der Waals surface area (Å²) < 4.78 is 7.49. The molecule has 4 rings (SSSR count). The summed E-state index contributed by atoms with van der Waals surface area (Å²) in [5.41, 5.74) is 8.51. The van der Waals surface area contributed by atoms with Crippen molar-refractivity contribution in [3.63, 3.8) is 0 Å². The molecule has 1 aliphatic carbocycles. The highest BCUT2D eigenvalue weighted by Crippen LogP contribution is 2.24. The van der Waals surface area contributed by atoms with Crippen LogP contribution >= 0.6 is 11.3 Å². The second kappa shape index (κ2) is 11.8. The minimum Gasteiger partial charge on any atom is -0.448 e. The Morgan fingerprint density at radius 2 is 1.85 bits per heavy atom. The number of nitrogens with zero attached hydrogens (tertiary/aromatic N) is 3. The van der Waals surface area contributed by atoms with Crippen molar-refractivity contribution in [3.05, 3.63) is 81.1 Å². The number of thiazole rings is 1. The minimum atomic E-state index is -0.517. The smallest absolute Gasteiger partial charge is 0.436 e. The number of carbonyl (C=O) groups is 1. The van der Waals surface area contributed by atoms with Crippen molar-refractivity contribution < 1.29 is 9.53 Å². The fraction of sp³-hybridized carbons (Fsp3) is 0.370. The van der Waals surface area contributed by atoms with E-state index < -0.39 is 6.09 Å². The van der Waals surface area contributed by atoms with Crippen molar-refractivity contribution in [2.75, 3.05) is 12.0 Å². The van der Waals surface area contributed by atoms with Crippen LogP contribution in [0.1, 0.15) is 54.3 Å². The van der Waals surface area contributed by atoms with Crippen LogP contribution in [-0.2, 0) is 24.1 Å². The lowest BCUT2D eigenvalue weighted by Gasteiger charge is -2.16. The Labute approximate surface area is 205 Å². The molecule has 178 valence electrons. The first kappa shape index (κ1) is 24.0. The van der Waals surface area contributed by atoms with Crippen LogP contribution < -0.4 is 10.2 Å². The van der Waals surface area contributed by atoms with Crippen LogP contribution in [0.4, 0.5) is 10.5 Å². The number of benzene rings is 2. The normalized spacial score (nSPS) is 14.1. The average Bonchev–Trinajstić information content (AvgIpc) is 3.19. The Hall–Kier alpha value is -3.19. The van der Waals surface area contributed by atoms with Crippen LogP contribution in [0, 0.1) is 6.92 Å². The summed E-state index contributed by atoms with van der Waals surface area (Å²) >= 11 is 1.60. The number of hydrogen-bond donors (Lipinski definition) is 1. The molecule has 1 amide bonds. The zero-order valence-corrected chi connectivity index (χ0v) is 20.7. The molecule has 34 heavy (non-hydrogen) atoms. The van der Waals surface area contributed by atoms with Crippen LogP contribution in [0.3, 0.4) is 0 Å². The SMILES string of the molecule is CCCCOC(=O)N=c1sc2c(n1C/C(=N\Nc1ccccc1)c1ccc(C)cc1)CCCC2. The number of unbranched alkanes of at least 4 members (excludes halogenated alkanes) is 1. The number of ether oxygens (including phenoxy) is 1. The van der Waals surface area contributed by atoms with Crippen LogP contribution in [0.2, 0.25) is 0 Å². The molecule has 0 aliphatic heterocycles. The van der Waals surface area contributed by atoms with Gasteiger partial charge in [-0.25, -0.2) is 4.79 Å². The largest absolute Gasteiger partial charge is 0.448 e. The summed E-state index contributed by atoms with van der Waals surface area (Å²) in [6.07, 6.45) is 5.63. The third-order valence-corrected chi connectivity index (χ3v) is 7.04.